The van der Waals surface area contributed by atoms with Crippen LogP contribution in [0.15, 0.2) is 66.9 Å². The molecule has 0 bridgehead atoms. The van der Waals surface area contributed by atoms with Crippen molar-refractivity contribution in [2.75, 3.05) is 11.9 Å². The van der Waals surface area contributed by atoms with E-state index < -0.39 is 5.91 Å². The summed E-state index contributed by atoms with van der Waals surface area (Å²) in [5.41, 5.74) is 3.18. The van der Waals surface area contributed by atoms with Gasteiger partial charge in [0.1, 0.15) is 5.69 Å². The van der Waals surface area contributed by atoms with Crippen molar-refractivity contribution < 1.29 is 9.59 Å². The number of hydrogen-bond donors (Lipinski definition) is 2. The molecule has 0 radical (unpaired) electrons. The molecule has 0 aliphatic heterocycles. The average molecular weight is 394 g/mol. The number of carbonyl (C=O) groups excluding carboxylic acids is 2. The van der Waals surface area contributed by atoms with Gasteiger partial charge in [0.05, 0.1) is 0 Å². The predicted molar refractivity (Wildman–Crippen MR) is 111 cm³/mol. The van der Waals surface area contributed by atoms with Gasteiger partial charge in [-0.05, 0) is 48.7 Å². The molecule has 0 aliphatic rings. The first kappa shape index (κ1) is 19.6. The second-order valence-corrected chi connectivity index (χ2v) is 6.75. The molecule has 0 saturated carbocycles. The number of nitrogens with zero attached hydrogens (tertiary/aromatic N) is 1. The number of hydrogen-bond acceptors (Lipinski definition) is 3. The van der Waals surface area contributed by atoms with E-state index >= 15 is 0 Å². The highest BCUT2D eigenvalue weighted by molar-refractivity contribution is 6.31. The summed E-state index contributed by atoms with van der Waals surface area (Å²) in [4.78, 5) is 28.9. The largest absolute Gasteiger partial charge is 0.352 e. The van der Waals surface area contributed by atoms with Gasteiger partial charge in [0.25, 0.3) is 11.8 Å². The average Bonchev–Trinajstić information content (AvgIpc) is 2.71. The summed E-state index contributed by atoms with van der Waals surface area (Å²) in [5, 5.41) is 6.17. The van der Waals surface area contributed by atoms with E-state index in [0.29, 0.717) is 22.8 Å². The molecule has 0 unspecified atom stereocenters. The number of carbonyl (C=O) groups is 2. The van der Waals surface area contributed by atoms with Crippen LogP contribution in [0.4, 0.5) is 5.69 Å². The summed E-state index contributed by atoms with van der Waals surface area (Å²) in [6, 6.07) is 18.2. The summed E-state index contributed by atoms with van der Waals surface area (Å²) in [6.45, 7) is 2.39. The molecule has 0 saturated heterocycles. The standard InChI is InChI=1S/C22H20ClN3O2/c1-15-7-8-18(14-19(15)23)26-22(28)20-13-17(10-12-24-20)21(27)25-11-9-16-5-3-2-4-6-16/h2-8,10,12-14H,9,11H2,1H3,(H,25,27)(H,26,28). The maximum absolute atomic E-state index is 12.4. The highest BCUT2D eigenvalue weighted by Crippen LogP contribution is 2.20. The van der Waals surface area contributed by atoms with E-state index in [4.69, 9.17) is 11.6 Å². The molecule has 2 aromatic carbocycles. The van der Waals surface area contributed by atoms with Crippen LogP contribution >= 0.6 is 11.6 Å². The Hall–Kier alpha value is -3.18. The molecule has 1 aromatic heterocycles. The molecule has 1 heterocycles. The van der Waals surface area contributed by atoms with Crippen molar-refractivity contribution in [3.05, 3.63) is 94.3 Å². The molecule has 6 heteroatoms. The van der Waals surface area contributed by atoms with Gasteiger partial charge in [0.15, 0.2) is 0 Å². The van der Waals surface area contributed by atoms with Crippen LogP contribution in [0.1, 0.15) is 32.0 Å². The Morgan fingerprint density at radius 2 is 1.79 bits per heavy atom. The summed E-state index contributed by atoms with van der Waals surface area (Å²) < 4.78 is 0. The molecule has 28 heavy (non-hydrogen) atoms. The number of rotatable bonds is 6. The monoisotopic (exact) mass is 393 g/mol. The van der Waals surface area contributed by atoms with Gasteiger partial charge in [-0.25, -0.2) is 0 Å². The lowest BCUT2D eigenvalue weighted by Gasteiger charge is -2.08. The van der Waals surface area contributed by atoms with Gasteiger partial charge in [0, 0.05) is 29.0 Å². The SMILES string of the molecule is Cc1ccc(NC(=O)c2cc(C(=O)NCCc3ccccc3)ccn2)cc1Cl. The minimum absolute atomic E-state index is 0.160. The van der Waals surface area contributed by atoms with Crippen LogP contribution < -0.4 is 10.6 Å². The Bertz CT molecular complexity index is 990. The van der Waals surface area contributed by atoms with Crippen molar-refractivity contribution in [2.45, 2.75) is 13.3 Å². The summed E-state index contributed by atoms with van der Waals surface area (Å²) in [6.07, 6.45) is 2.18. The summed E-state index contributed by atoms with van der Waals surface area (Å²) >= 11 is 6.08. The fraction of sp³-hybridized carbons (Fsp3) is 0.136. The third kappa shape index (κ3) is 5.18. The molecule has 0 aliphatic carbocycles. The lowest BCUT2D eigenvalue weighted by Crippen LogP contribution is -2.26. The molecular formula is C22H20ClN3O2. The molecule has 3 aromatic rings. The van der Waals surface area contributed by atoms with Crippen molar-refractivity contribution in [1.29, 1.82) is 0 Å². The van der Waals surface area contributed by atoms with Crippen LogP contribution in [-0.4, -0.2) is 23.3 Å². The van der Waals surface area contributed by atoms with Crippen LogP contribution in [0.3, 0.4) is 0 Å². The number of pyridine rings is 1. The number of benzene rings is 2. The Labute approximate surface area is 168 Å². The molecule has 0 atom stereocenters. The molecule has 3 rings (SSSR count). The first-order valence-electron chi connectivity index (χ1n) is 8.88. The van der Waals surface area contributed by atoms with Gasteiger partial charge >= 0.3 is 0 Å². The Morgan fingerprint density at radius 3 is 2.54 bits per heavy atom. The third-order valence-corrected chi connectivity index (χ3v) is 4.63. The number of amides is 2. The molecule has 2 amide bonds. The van der Waals surface area contributed by atoms with Gasteiger partial charge in [0.2, 0.25) is 0 Å². The Kier molecular flexibility index (Phi) is 6.40. The van der Waals surface area contributed by atoms with E-state index in [0.717, 1.165) is 17.5 Å². The van der Waals surface area contributed by atoms with Crippen molar-refractivity contribution >= 4 is 29.1 Å². The Morgan fingerprint density at radius 1 is 1.00 bits per heavy atom. The number of aryl methyl sites for hydroxylation is 1. The van der Waals surface area contributed by atoms with E-state index in [1.54, 1.807) is 18.2 Å². The molecule has 5 nitrogen and oxygen atoms in total. The quantitative estimate of drug-likeness (QED) is 0.657. The maximum atomic E-state index is 12.4. The smallest absolute Gasteiger partial charge is 0.274 e. The van der Waals surface area contributed by atoms with Crippen LogP contribution in [0.5, 0.6) is 0 Å². The molecule has 0 spiro atoms. The van der Waals surface area contributed by atoms with Crippen molar-refractivity contribution in [2.24, 2.45) is 0 Å². The summed E-state index contributed by atoms with van der Waals surface area (Å²) in [5.74, 6) is -0.649. The number of nitrogens with one attached hydrogen (secondary N) is 2. The van der Waals surface area contributed by atoms with Crippen LogP contribution in [0, 0.1) is 6.92 Å². The highest BCUT2D eigenvalue weighted by Gasteiger charge is 2.12. The minimum Gasteiger partial charge on any atom is -0.352 e. The fourth-order valence-electron chi connectivity index (χ4n) is 2.63. The third-order valence-electron chi connectivity index (χ3n) is 4.23. The molecule has 0 fully saturated rings. The fourth-order valence-corrected chi connectivity index (χ4v) is 2.81. The first-order chi connectivity index (χ1) is 13.5. The zero-order valence-corrected chi connectivity index (χ0v) is 16.2. The first-order valence-corrected chi connectivity index (χ1v) is 9.26. The van der Waals surface area contributed by atoms with Crippen molar-refractivity contribution in [1.82, 2.24) is 10.3 Å². The van der Waals surface area contributed by atoms with Gasteiger partial charge in [-0.15, -0.1) is 0 Å². The second kappa shape index (κ2) is 9.15. The van der Waals surface area contributed by atoms with E-state index in [1.807, 2.05) is 43.3 Å². The number of anilines is 1. The molecule has 2 N–H and O–H groups in total. The minimum atomic E-state index is -0.404. The van der Waals surface area contributed by atoms with E-state index in [-0.39, 0.29) is 11.6 Å². The van der Waals surface area contributed by atoms with Gasteiger partial charge in [-0.3, -0.25) is 14.6 Å². The van der Waals surface area contributed by atoms with Gasteiger partial charge in [-0.2, -0.15) is 0 Å². The van der Waals surface area contributed by atoms with Crippen molar-refractivity contribution in [3.8, 4) is 0 Å². The predicted octanol–water partition coefficient (Wildman–Crippen LogP) is 4.27. The molecular weight excluding hydrogens is 374 g/mol. The maximum Gasteiger partial charge on any atom is 0.274 e. The van der Waals surface area contributed by atoms with Gasteiger partial charge in [-0.1, -0.05) is 48.0 Å². The van der Waals surface area contributed by atoms with Crippen LogP contribution in [-0.2, 0) is 6.42 Å². The number of aromatic nitrogens is 1. The van der Waals surface area contributed by atoms with E-state index in [1.165, 1.54) is 12.3 Å². The number of halogens is 1. The topological polar surface area (TPSA) is 71.1 Å². The molecule has 142 valence electrons. The second-order valence-electron chi connectivity index (χ2n) is 6.34. The highest BCUT2D eigenvalue weighted by atomic mass is 35.5. The van der Waals surface area contributed by atoms with Gasteiger partial charge < -0.3 is 10.6 Å². The zero-order chi connectivity index (χ0) is 19.9. The normalized spacial score (nSPS) is 10.4. The lowest BCUT2D eigenvalue weighted by molar-refractivity contribution is 0.0954. The van der Waals surface area contributed by atoms with Crippen LogP contribution in [0.2, 0.25) is 5.02 Å². The van der Waals surface area contributed by atoms with E-state index in [9.17, 15) is 9.59 Å². The van der Waals surface area contributed by atoms with Crippen molar-refractivity contribution in [3.63, 3.8) is 0 Å². The Balaban J connectivity index is 1.61. The lowest BCUT2D eigenvalue weighted by atomic mass is 10.1. The summed E-state index contributed by atoms with van der Waals surface area (Å²) in [7, 11) is 0. The van der Waals surface area contributed by atoms with Crippen LogP contribution in [0.25, 0.3) is 0 Å². The van der Waals surface area contributed by atoms with E-state index in [2.05, 4.69) is 15.6 Å². The zero-order valence-electron chi connectivity index (χ0n) is 15.4.